The summed E-state index contributed by atoms with van der Waals surface area (Å²) in [5.41, 5.74) is 0. The van der Waals surface area contributed by atoms with E-state index in [0.29, 0.717) is 6.04 Å². The van der Waals surface area contributed by atoms with E-state index in [9.17, 15) is 0 Å². The fraction of sp³-hybridized carbons (Fsp3) is 0.867. The molecule has 0 aromatic heterocycles. The molecular weight excluding hydrogens is 208 g/mol. The summed E-state index contributed by atoms with van der Waals surface area (Å²) in [5.74, 6) is 2.70. The van der Waals surface area contributed by atoms with Crippen molar-refractivity contribution in [1.29, 1.82) is 0 Å². The summed E-state index contributed by atoms with van der Waals surface area (Å²) in [7, 11) is 0. The van der Waals surface area contributed by atoms with Gasteiger partial charge in [0.25, 0.3) is 0 Å². The molecule has 1 fully saturated rings. The first-order chi connectivity index (χ1) is 8.24. The Morgan fingerprint density at radius 3 is 2.82 bits per heavy atom. The molecule has 1 aliphatic heterocycles. The van der Waals surface area contributed by atoms with Gasteiger partial charge in [0.2, 0.25) is 0 Å². The second kappa shape index (κ2) is 8.55. The zero-order valence-corrected chi connectivity index (χ0v) is 11.5. The molecule has 0 aromatic rings. The lowest BCUT2D eigenvalue weighted by Gasteiger charge is -2.24. The van der Waals surface area contributed by atoms with Crippen molar-refractivity contribution in [3.8, 4) is 12.3 Å². The highest BCUT2D eigenvalue weighted by atomic mass is 15.1. The molecule has 1 saturated heterocycles. The molecule has 1 unspecified atom stereocenters. The first-order valence-electron chi connectivity index (χ1n) is 7.15. The fourth-order valence-electron chi connectivity index (χ4n) is 2.50. The number of terminal acetylenes is 1. The van der Waals surface area contributed by atoms with E-state index >= 15 is 0 Å². The van der Waals surface area contributed by atoms with Crippen molar-refractivity contribution in [3.05, 3.63) is 0 Å². The number of hydrogen-bond acceptors (Lipinski definition) is 2. The molecule has 1 aliphatic rings. The van der Waals surface area contributed by atoms with E-state index in [0.717, 1.165) is 25.4 Å². The van der Waals surface area contributed by atoms with Crippen molar-refractivity contribution in [1.82, 2.24) is 10.2 Å². The standard InChI is InChI=1S/C15H28N2/c1-4-5-6-7-11-16-15-9-8-12-17(13-10-15)14(2)3/h1,14-16H,5-13H2,2-3H3. The van der Waals surface area contributed by atoms with Gasteiger partial charge in [-0.1, -0.05) is 0 Å². The summed E-state index contributed by atoms with van der Waals surface area (Å²) >= 11 is 0. The summed E-state index contributed by atoms with van der Waals surface area (Å²) in [6, 6.07) is 1.42. The molecule has 0 saturated carbocycles. The molecule has 1 atom stereocenters. The van der Waals surface area contributed by atoms with Crippen LogP contribution in [0.4, 0.5) is 0 Å². The summed E-state index contributed by atoms with van der Waals surface area (Å²) in [6.07, 6.45) is 12.5. The minimum atomic E-state index is 0.698. The van der Waals surface area contributed by atoms with Crippen LogP contribution in [0.15, 0.2) is 0 Å². The van der Waals surface area contributed by atoms with Gasteiger partial charge in [-0.15, -0.1) is 12.3 Å². The van der Waals surface area contributed by atoms with Crippen LogP contribution in [0, 0.1) is 12.3 Å². The number of nitrogens with one attached hydrogen (secondary N) is 1. The van der Waals surface area contributed by atoms with Crippen molar-refractivity contribution in [2.45, 2.75) is 64.5 Å². The first kappa shape index (κ1) is 14.5. The first-order valence-corrected chi connectivity index (χ1v) is 7.15. The average molecular weight is 236 g/mol. The summed E-state index contributed by atoms with van der Waals surface area (Å²) in [4.78, 5) is 2.60. The van der Waals surface area contributed by atoms with Crippen molar-refractivity contribution in [3.63, 3.8) is 0 Å². The highest BCUT2D eigenvalue weighted by Crippen LogP contribution is 2.13. The zero-order chi connectivity index (χ0) is 12.5. The molecule has 0 aliphatic carbocycles. The highest BCUT2D eigenvalue weighted by molar-refractivity contribution is 4.83. The topological polar surface area (TPSA) is 15.3 Å². The number of nitrogens with zero attached hydrogens (tertiary/aromatic N) is 1. The summed E-state index contributed by atoms with van der Waals surface area (Å²) < 4.78 is 0. The van der Waals surface area contributed by atoms with Crippen LogP contribution in [-0.4, -0.2) is 36.6 Å². The third-order valence-corrected chi connectivity index (χ3v) is 3.67. The molecule has 0 bridgehead atoms. The molecule has 1 rings (SSSR count). The van der Waals surface area contributed by atoms with Crippen LogP contribution in [0.25, 0.3) is 0 Å². The maximum Gasteiger partial charge on any atom is 0.00865 e. The monoisotopic (exact) mass is 236 g/mol. The van der Waals surface area contributed by atoms with Gasteiger partial charge < -0.3 is 10.2 Å². The minimum absolute atomic E-state index is 0.698. The number of rotatable bonds is 6. The maximum atomic E-state index is 5.24. The van der Waals surface area contributed by atoms with Gasteiger partial charge in [-0.2, -0.15) is 0 Å². The molecule has 17 heavy (non-hydrogen) atoms. The predicted octanol–water partition coefficient (Wildman–Crippen LogP) is 2.64. The van der Waals surface area contributed by atoms with Crippen molar-refractivity contribution < 1.29 is 0 Å². The van der Waals surface area contributed by atoms with Crippen molar-refractivity contribution in [2.75, 3.05) is 19.6 Å². The van der Waals surface area contributed by atoms with E-state index in [2.05, 4.69) is 30.0 Å². The molecule has 0 radical (unpaired) electrons. The molecule has 2 heteroatoms. The van der Waals surface area contributed by atoms with Gasteiger partial charge in [-0.3, -0.25) is 0 Å². The number of unbranched alkanes of at least 4 members (excludes halogenated alkanes) is 2. The van der Waals surface area contributed by atoms with E-state index in [1.165, 1.54) is 38.8 Å². The highest BCUT2D eigenvalue weighted by Gasteiger charge is 2.17. The largest absolute Gasteiger partial charge is 0.314 e. The Balaban J connectivity index is 2.12. The Morgan fingerprint density at radius 2 is 2.12 bits per heavy atom. The van der Waals surface area contributed by atoms with Gasteiger partial charge in [0.05, 0.1) is 0 Å². The molecule has 1 heterocycles. The molecule has 0 spiro atoms. The lowest BCUT2D eigenvalue weighted by molar-refractivity contribution is 0.229. The lowest BCUT2D eigenvalue weighted by atomic mass is 10.1. The quantitative estimate of drug-likeness (QED) is 0.563. The fourth-order valence-corrected chi connectivity index (χ4v) is 2.50. The molecule has 98 valence electrons. The Labute approximate surface area is 107 Å². The average Bonchev–Trinajstić information content (AvgIpc) is 2.54. The summed E-state index contributed by atoms with van der Waals surface area (Å²) in [5, 5.41) is 3.68. The predicted molar refractivity (Wildman–Crippen MR) is 75.0 cm³/mol. The Bertz CT molecular complexity index is 230. The normalized spacial score (nSPS) is 22.4. The third kappa shape index (κ3) is 6.10. The Hall–Kier alpha value is -0.520. The molecule has 2 nitrogen and oxygen atoms in total. The SMILES string of the molecule is C#CCCCCNC1CCCN(C(C)C)CC1. The van der Waals surface area contributed by atoms with Crippen LogP contribution >= 0.6 is 0 Å². The van der Waals surface area contributed by atoms with E-state index in [1.54, 1.807) is 0 Å². The van der Waals surface area contributed by atoms with Crippen LogP contribution in [0.5, 0.6) is 0 Å². The van der Waals surface area contributed by atoms with Gasteiger partial charge in [0.15, 0.2) is 0 Å². The second-order valence-corrected chi connectivity index (χ2v) is 5.37. The van der Waals surface area contributed by atoms with E-state index < -0.39 is 0 Å². The third-order valence-electron chi connectivity index (χ3n) is 3.67. The van der Waals surface area contributed by atoms with Crippen LogP contribution < -0.4 is 5.32 Å². The van der Waals surface area contributed by atoms with Gasteiger partial charge in [0, 0.05) is 18.5 Å². The van der Waals surface area contributed by atoms with E-state index in [-0.39, 0.29) is 0 Å². The van der Waals surface area contributed by atoms with Crippen LogP contribution in [0.3, 0.4) is 0 Å². The minimum Gasteiger partial charge on any atom is -0.314 e. The number of hydrogen-bond donors (Lipinski definition) is 1. The molecule has 0 aromatic carbocycles. The second-order valence-electron chi connectivity index (χ2n) is 5.37. The Kier molecular flexibility index (Phi) is 7.32. The smallest absolute Gasteiger partial charge is 0.00865 e. The zero-order valence-electron chi connectivity index (χ0n) is 11.5. The van der Waals surface area contributed by atoms with E-state index in [1.807, 2.05) is 0 Å². The lowest BCUT2D eigenvalue weighted by Crippen LogP contribution is -2.34. The molecule has 1 N–H and O–H groups in total. The van der Waals surface area contributed by atoms with Gasteiger partial charge in [-0.05, 0) is 65.6 Å². The van der Waals surface area contributed by atoms with Gasteiger partial charge >= 0.3 is 0 Å². The van der Waals surface area contributed by atoms with Crippen LogP contribution in [-0.2, 0) is 0 Å². The van der Waals surface area contributed by atoms with E-state index in [4.69, 9.17) is 6.42 Å². The molecule has 0 amide bonds. The van der Waals surface area contributed by atoms with Crippen molar-refractivity contribution in [2.24, 2.45) is 0 Å². The Morgan fingerprint density at radius 1 is 1.29 bits per heavy atom. The summed E-state index contributed by atoms with van der Waals surface area (Å²) in [6.45, 7) is 8.25. The van der Waals surface area contributed by atoms with Gasteiger partial charge in [0.1, 0.15) is 0 Å². The number of likely N-dealkylation sites (tertiary alicyclic amines) is 1. The van der Waals surface area contributed by atoms with Crippen molar-refractivity contribution >= 4 is 0 Å². The maximum absolute atomic E-state index is 5.24. The molecular formula is C15H28N2. The van der Waals surface area contributed by atoms with Crippen LogP contribution in [0.1, 0.15) is 52.4 Å². The van der Waals surface area contributed by atoms with Gasteiger partial charge in [-0.25, -0.2) is 0 Å². The van der Waals surface area contributed by atoms with Crippen LogP contribution in [0.2, 0.25) is 0 Å².